The maximum absolute atomic E-state index is 12.2. The molecule has 1 saturated heterocycles. The zero-order valence-corrected chi connectivity index (χ0v) is 15.4. The lowest BCUT2D eigenvalue weighted by molar-refractivity contribution is -0.133. The summed E-state index contributed by atoms with van der Waals surface area (Å²) in [4.78, 5) is 26.3. The highest BCUT2D eigenvalue weighted by molar-refractivity contribution is 5.88. The van der Waals surface area contributed by atoms with Crippen LogP contribution in [0.3, 0.4) is 0 Å². The van der Waals surface area contributed by atoms with Crippen molar-refractivity contribution in [3.63, 3.8) is 0 Å². The van der Waals surface area contributed by atoms with E-state index < -0.39 is 6.04 Å². The fourth-order valence-corrected chi connectivity index (χ4v) is 2.86. The molecule has 2 N–H and O–H groups in total. The Bertz CT molecular complexity index is 633. The molecular weight excluding hydrogens is 334 g/mol. The van der Waals surface area contributed by atoms with Crippen molar-refractivity contribution in [2.24, 2.45) is 0 Å². The number of carbonyl (C=O) groups is 2. The molecule has 1 aromatic carbocycles. The molecule has 1 aliphatic heterocycles. The second kappa shape index (κ2) is 10.6. The fourth-order valence-electron chi connectivity index (χ4n) is 2.86. The first-order valence-electron chi connectivity index (χ1n) is 8.72. The van der Waals surface area contributed by atoms with E-state index in [1.54, 1.807) is 14.2 Å². The van der Waals surface area contributed by atoms with E-state index in [1.807, 2.05) is 41.3 Å². The summed E-state index contributed by atoms with van der Waals surface area (Å²) in [5.74, 6) is 0.542. The van der Waals surface area contributed by atoms with Crippen molar-refractivity contribution in [2.45, 2.75) is 12.5 Å². The van der Waals surface area contributed by atoms with E-state index in [-0.39, 0.29) is 18.2 Å². The predicted octanol–water partition coefficient (Wildman–Crippen LogP) is 0.662. The molecule has 2 rings (SSSR count). The van der Waals surface area contributed by atoms with Gasteiger partial charge in [0.2, 0.25) is 11.8 Å². The average Bonchev–Trinajstić information content (AvgIpc) is 2.65. The number of hydrogen-bond acceptors (Lipinski definition) is 5. The van der Waals surface area contributed by atoms with Gasteiger partial charge in [-0.3, -0.25) is 14.5 Å². The third-order valence-corrected chi connectivity index (χ3v) is 4.23. The van der Waals surface area contributed by atoms with E-state index in [4.69, 9.17) is 9.47 Å². The summed E-state index contributed by atoms with van der Waals surface area (Å²) in [6.07, 6.45) is 4.10. The number of nitrogens with zero attached hydrogens (tertiary/aromatic N) is 1. The van der Waals surface area contributed by atoms with Crippen LogP contribution >= 0.6 is 0 Å². The highest BCUT2D eigenvalue weighted by Gasteiger charge is 2.30. The number of para-hydroxylation sites is 1. The van der Waals surface area contributed by atoms with Gasteiger partial charge < -0.3 is 20.1 Å². The van der Waals surface area contributed by atoms with E-state index in [0.29, 0.717) is 32.8 Å². The summed E-state index contributed by atoms with van der Waals surface area (Å²) < 4.78 is 10.2. The van der Waals surface area contributed by atoms with Crippen molar-refractivity contribution in [1.29, 1.82) is 0 Å². The number of carbonyl (C=O) groups excluding carboxylic acids is 2. The standard InChI is InChI=1S/C19H27N3O4/c1-25-13-10-20-18(23)14-16-19(24)21-9-12-22(16)11-5-7-15-6-3-4-8-17(15)26-2/h3-8,16H,9-14H2,1-2H3,(H,20,23)(H,21,24)/b7-5+/t16-/m0/s1. The summed E-state index contributed by atoms with van der Waals surface area (Å²) >= 11 is 0. The summed E-state index contributed by atoms with van der Waals surface area (Å²) in [5, 5.41) is 5.60. The molecular formula is C19H27N3O4. The summed E-state index contributed by atoms with van der Waals surface area (Å²) in [6, 6.07) is 7.28. The van der Waals surface area contributed by atoms with Crippen LogP contribution in [0.2, 0.25) is 0 Å². The molecule has 0 aliphatic carbocycles. The van der Waals surface area contributed by atoms with Gasteiger partial charge in [0.25, 0.3) is 0 Å². The molecule has 7 heteroatoms. The highest BCUT2D eigenvalue weighted by atomic mass is 16.5. The van der Waals surface area contributed by atoms with E-state index in [1.165, 1.54) is 0 Å². The van der Waals surface area contributed by atoms with Crippen molar-refractivity contribution in [2.75, 3.05) is 47.0 Å². The predicted molar refractivity (Wildman–Crippen MR) is 99.9 cm³/mol. The molecule has 0 spiro atoms. The maximum atomic E-state index is 12.2. The van der Waals surface area contributed by atoms with Crippen LogP contribution in [-0.2, 0) is 14.3 Å². The summed E-state index contributed by atoms with van der Waals surface area (Å²) in [6.45, 7) is 2.77. The Balaban J connectivity index is 1.95. The Hall–Kier alpha value is -2.38. The van der Waals surface area contributed by atoms with Gasteiger partial charge in [-0.05, 0) is 6.07 Å². The largest absolute Gasteiger partial charge is 0.496 e. The summed E-state index contributed by atoms with van der Waals surface area (Å²) in [5.41, 5.74) is 0.977. The number of benzene rings is 1. The Morgan fingerprint density at radius 1 is 1.38 bits per heavy atom. The Morgan fingerprint density at radius 2 is 2.19 bits per heavy atom. The fraction of sp³-hybridized carbons (Fsp3) is 0.474. The molecule has 0 bridgehead atoms. The number of ether oxygens (including phenoxy) is 2. The van der Waals surface area contributed by atoms with Crippen LogP contribution in [0.25, 0.3) is 6.08 Å². The molecule has 7 nitrogen and oxygen atoms in total. The van der Waals surface area contributed by atoms with Crippen molar-refractivity contribution < 1.29 is 19.1 Å². The number of hydrogen-bond donors (Lipinski definition) is 2. The van der Waals surface area contributed by atoms with Gasteiger partial charge in [0.1, 0.15) is 5.75 Å². The Morgan fingerprint density at radius 3 is 2.96 bits per heavy atom. The second-order valence-corrected chi connectivity index (χ2v) is 5.99. The lowest BCUT2D eigenvalue weighted by Gasteiger charge is -2.33. The van der Waals surface area contributed by atoms with Gasteiger partial charge >= 0.3 is 0 Å². The number of methoxy groups -OCH3 is 2. The lowest BCUT2D eigenvalue weighted by atomic mass is 10.1. The van der Waals surface area contributed by atoms with Crippen LogP contribution in [0.15, 0.2) is 30.3 Å². The number of nitrogens with one attached hydrogen (secondary N) is 2. The number of piperazine rings is 1. The van der Waals surface area contributed by atoms with E-state index in [0.717, 1.165) is 11.3 Å². The minimum absolute atomic E-state index is 0.108. The average molecular weight is 361 g/mol. The molecule has 1 aromatic rings. The smallest absolute Gasteiger partial charge is 0.237 e. The Labute approximate surface area is 154 Å². The zero-order chi connectivity index (χ0) is 18.8. The van der Waals surface area contributed by atoms with Gasteiger partial charge in [-0.2, -0.15) is 0 Å². The quantitative estimate of drug-likeness (QED) is 0.632. The minimum Gasteiger partial charge on any atom is -0.496 e. The number of amides is 2. The van der Waals surface area contributed by atoms with Crippen molar-refractivity contribution in [3.05, 3.63) is 35.9 Å². The van der Waals surface area contributed by atoms with Gasteiger partial charge in [0.15, 0.2) is 0 Å². The highest BCUT2D eigenvalue weighted by Crippen LogP contribution is 2.19. The molecule has 1 atom stereocenters. The first kappa shape index (κ1) is 19.9. The van der Waals surface area contributed by atoms with Crippen LogP contribution in [0.4, 0.5) is 0 Å². The lowest BCUT2D eigenvalue weighted by Crippen LogP contribution is -2.56. The third-order valence-electron chi connectivity index (χ3n) is 4.23. The van der Waals surface area contributed by atoms with E-state index >= 15 is 0 Å². The van der Waals surface area contributed by atoms with Crippen LogP contribution in [-0.4, -0.2) is 69.8 Å². The van der Waals surface area contributed by atoms with Crippen molar-refractivity contribution in [1.82, 2.24) is 15.5 Å². The Kier molecular flexibility index (Phi) is 8.11. The number of rotatable bonds is 9. The van der Waals surface area contributed by atoms with E-state index in [9.17, 15) is 9.59 Å². The van der Waals surface area contributed by atoms with Gasteiger partial charge in [0, 0.05) is 38.9 Å². The zero-order valence-electron chi connectivity index (χ0n) is 15.4. The minimum atomic E-state index is -0.464. The molecule has 2 amide bonds. The summed E-state index contributed by atoms with van der Waals surface area (Å²) in [7, 11) is 3.22. The molecule has 0 radical (unpaired) electrons. The molecule has 1 heterocycles. The SMILES string of the molecule is COCCNC(=O)C[C@H]1C(=O)NCCN1C/C=C/c1ccccc1OC. The maximum Gasteiger partial charge on any atom is 0.237 e. The van der Waals surface area contributed by atoms with Crippen LogP contribution in [0.1, 0.15) is 12.0 Å². The molecule has 0 saturated carbocycles. The topological polar surface area (TPSA) is 79.9 Å². The van der Waals surface area contributed by atoms with Crippen LogP contribution in [0.5, 0.6) is 5.75 Å². The molecule has 0 unspecified atom stereocenters. The second-order valence-electron chi connectivity index (χ2n) is 5.99. The third kappa shape index (κ3) is 5.86. The molecule has 0 aromatic heterocycles. The van der Waals surface area contributed by atoms with Crippen LogP contribution < -0.4 is 15.4 Å². The normalized spacial score (nSPS) is 17.9. The first-order valence-corrected chi connectivity index (χ1v) is 8.72. The van der Waals surface area contributed by atoms with E-state index in [2.05, 4.69) is 10.6 Å². The molecule has 1 aliphatic rings. The van der Waals surface area contributed by atoms with Gasteiger partial charge in [0.05, 0.1) is 26.2 Å². The van der Waals surface area contributed by atoms with Gasteiger partial charge in [-0.25, -0.2) is 0 Å². The van der Waals surface area contributed by atoms with Gasteiger partial charge in [-0.1, -0.05) is 30.4 Å². The van der Waals surface area contributed by atoms with Gasteiger partial charge in [-0.15, -0.1) is 0 Å². The molecule has 142 valence electrons. The van der Waals surface area contributed by atoms with Crippen LogP contribution in [0, 0.1) is 0 Å². The molecule has 26 heavy (non-hydrogen) atoms. The van der Waals surface area contributed by atoms with Crippen molar-refractivity contribution >= 4 is 17.9 Å². The van der Waals surface area contributed by atoms with Crippen molar-refractivity contribution in [3.8, 4) is 5.75 Å². The first-order chi connectivity index (χ1) is 12.7. The molecule has 1 fully saturated rings. The monoisotopic (exact) mass is 361 g/mol.